The van der Waals surface area contributed by atoms with Crippen LogP contribution in [-0.2, 0) is 21.3 Å². The van der Waals surface area contributed by atoms with Crippen LogP contribution >= 0.6 is 12.2 Å². The quantitative estimate of drug-likeness (QED) is 0.862. The maximum atomic E-state index is 12.1. The minimum absolute atomic E-state index is 0.0134. The van der Waals surface area contributed by atoms with Crippen molar-refractivity contribution >= 4 is 27.0 Å². The minimum Gasteiger partial charge on any atom is -0.389 e. The fraction of sp³-hybridized carbons (Fsp3) is 0.133. The Labute approximate surface area is 124 Å². The molecular weight excluding hydrogens is 290 g/mol. The van der Waals surface area contributed by atoms with Gasteiger partial charge in [0.25, 0.3) is 0 Å². The maximum Gasteiger partial charge on any atom is 0.158 e. The summed E-state index contributed by atoms with van der Waals surface area (Å²) in [4.78, 5) is 0.309. The van der Waals surface area contributed by atoms with Gasteiger partial charge in [-0.1, -0.05) is 66.8 Å². The zero-order valence-electron chi connectivity index (χ0n) is 10.8. The van der Waals surface area contributed by atoms with Crippen molar-refractivity contribution in [2.75, 3.05) is 0 Å². The topological polar surface area (TPSA) is 60.2 Å². The summed E-state index contributed by atoms with van der Waals surface area (Å²) < 4.78 is 24.3. The van der Waals surface area contributed by atoms with Gasteiger partial charge in [-0.3, -0.25) is 0 Å². The van der Waals surface area contributed by atoms with Crippen LogP contribution in [0.15, 0.2) is 54.6 Å². The van der Waals surface area contributed by atoms with Crippen LogP contribution in [-0.4, -0.2) is 13.4 Å². The molecule has 0 saturated heterocycles. The van der Waals surface area contributed by atoms with E-state index in [1.807, 2.05) is 30.3 Å². The van der Waals surface area contributed by atoms with Gasteiger partial charge in [0.2, 0.25) is 0 Å². The third-order valence-corrected chi connectivity index (χ3v) is 4.64. The molecule has 0 saturated carbocycles. The van der Waals surface area contributed by atoms with Crippen LogP contribution < -0.4 is 5.73 Å². The van der Waals surface area contributed by atoms with Crippen molar-refractivity contribution in [1.29, 1.82) is 0 Å². The van der Waals surface area contributed by atoms with E-state index >= 15 is 0 Å². The molecule has 0 radical (unpaired) electrons. The molecule has 0 unspecified atom stereocenters. The highest BCUT2D eigenvalue weighted by Gasteiger charge is 2.13. The first kappa shape index (κ1) is 14.7. The lowest BCUT2D eigenvalue weighted by Crippen LogP contribution is -2.10. The average Bonchev–Trinajstić information content (AvgIpc) is 2.39. The second kappa shape index (κ2) is 6.15. The highest BCUT2D eigenvalue weighted by atomic mass is 32.2. The normalized spacial score (nSPS) is 11.2. The smallest absolute Gasteiger partial charge is 0.158 e. The van der Waals surface area contributed by atoms with E-state index in [4.69, 9.17) is 18.0 Å². The van der Waals surface area contributed by atoms with E-state index in [-0.39, 0.29) is 11.5 Å². The molecule has 2 N–H and O–H groups in total. The van der Waals surface area contributed by atoms with E-state index in [1.165, 1.54) is 0 Å². The lowest BCUT2D eigenvalue weighted by Gasteiger charge is -2.06. The SMILES string of the molecule is NC(=S)c1ccc(CS(=O)(=O)Cc2ccccc2)cc1. The third-order valence-electron chi connectivity index (χ3n) is 2.85. The number of thiocarbonyl (C=S) groups is 1. The van der Waals surface area contributed by atoms with Crippen molar-refractivity contribution < 1.29 is 8.42 Å². The molecule has 104 valence electrons. The molecule has 0 amide bonds. The predicted octanol–water partition coefficient (Wildman–Crippen LogP) is 2.44. The Hall–Kier alpha value is -1.72. The molecule has 2 aromatic carbocycles. The van der Waals surface area contributed by atoms with E-state index < -0.39 is 9.84 Å². The van der Waals surface area contributed by atoms with Crippen LogP contribution in [0.3, 0.4) is 0 Å². The van der Waals surface area contributed by atoms with Crippen molar-refractivity contribution in [3.8, 4) is 0 Å². The van der Waals surface area contributed by atoms with Gasteiger partial charge in [-0.05, 0) is 11.1 Å². The molecule has 3 nitrogen and oxygen atoms in total. The van der Waals surface area contributed by atoms with Gasteiger partial charge in [-0.15, -0.1) is 0 Å². The molecule has 2 aromatic rings. The lowest BCUT2D eigenvalue weighted by molar-refractivity contribution is 0.594. The van der Waals surface area contributed by atoms with Gasteiger partial charge in [0.15, 0.2) is 9.84 Å². The van der Waals surface area contributed by atoms with Gasteiger partial charge < -0.3 is 5.73 Å². The highest BCUT2D eigenvalue weighted by Crippen LogP contribution is 2.13. The van der Waals surface area contributed by atoms with Crippen molar-refractivity contribution in [1.82, 2.24) is 0 Å². The Bertz CT molecular complexity index is 692. The van der Waals surface area contributed by atoms with Crippen molar-refractivity contribution in [2.45, 2.75) is 11.5 Å². The van der Waals surface area contributed by atoms with Crippen LogP contribution in [0.25, 0.3) is 0 Å². The Balaban J connectivity index is 2.10. The third kappa shape index (κ3) is 4.15. The van der Waals surface area contributed by atoms with E-state index in [0.717, 1.165) is 16.7 Å². The van der Waals surface area contributed by atoms with Gasteiger partial charge in [-0.25, -0.2) is 8.42 Å². The van der Waals surface area contributed by atoms with Gasteiger partial charge in [-0.2, -0.15) is 0 Å². The number of sulfone groups is 1. The number of benzene rings is 2. The number of nitrogens with two attached hydrogens (primary N) is 1. The summed E-state index contributed by atoms with van der Waals surface area (Å²) in [6.45, 7) is 0. The Morgan fingerprint density at radius 2 is 1.40 bits per heavy atom. The number of hydrogen-bond donors (Lipinski definition) is 1. The molecule has 0 heterocycles. The van der Waals surface area contributed by atoms with Crippen LogP contribution in [0.5, 0.6) is 0 Å². The molecule has 20 heavy (non-hydrogen) atoms. The standard InChI is InChI=1S/C15H15NO2S2/c16-15(19)14-8-6-13(7-9-14)11-20(17,18)10-12-4-2-1-3-5-12/h1-9H,10-11H2,(H2,16,19). The molecule has 0 aromatic heterocycles. The highest BCUT2D eigenvalue weighted by molar-refractivity contribution is 7.89. The fourth-order valence-electron chi connectivity index (χ4n) is 1.90. The van der Waals surface area contributed by atoms with Crippen LogP contribution in [0.2, 0.25) is 0 Å². The molecule has 0 aliphatic rings. The van der Waals surface area contributed by atoms with Gasteiger partial charge >= 0.3 is 0 Å². The van der Waals surface area contributed by atoms with Crippen molar-refractivity contribution in [3.63, 3.8) is 0 Å². The van der Waals surface area contributed by atoms with Gasteiger partial charge in [0.1, 0.15) is 4.99 Å². The summed E-state index contributed by atoms with van der Waals surface area (Å²) in [5, 5.41) is 0. The first-order valence-corrected chi connectivity index (χ1v) is 8.32. The summed E-state index contributed by atoms with van der Waals surface area (Å²) >= 11 is 4.86. The van der Waals surface area contributed by atoms with Crippen LogP contribution in [0.4, 0.5) is 0 Å². The molecule has 2 rings (SSSR count). The molecule has 0 spiro atoms. The van der Waals surface area contributed by atoms with Crippen LogP contribution in [0, 0.1) is 0 Å². The molecular formula is C15H15NO2S2. The summed E-state index contributed by atoms with van der Waals surface area (Å²) in [5.41, 5.74) is 7.78. The second-order valence-corrected chi connectivity index (χ2v) is 7.08. The van der Waals surface area contributed by atoms with E-state index in [2.05, 4.69) is 0 Å². The summed E-state index contributed by atoms with van der Waals surface area (Å²) in [5.74, 6) is 0.0599. The summed E-state index contributed by atoms with van der Waals surface area (Å²) in [6.07, 6.45) is 0. The zero-order chi connectivity index (χ0) is 14.6. The van der Waals surface area contributed by atoms with Crippen molar-refractivity contribution in [3.05, 3.63) is 71.3 Å². The Morgan fingerprint density at radius 1 is 0.900 bits per heavy atom. The first-order chi connectivity index (χ1) is 9.46. The molecule has 0 aliphatic carbocycles. The monoisotopic (exact) mass is 305 g/mol. The van der Waals surface area contributed by atoms with Crippen LogP contribution in [0.1, 0.15) is 16.7 Å². The predicted molar refractivity (Wildman–Crippen MR) is 85.1 cm³/mol. The first-order valence-electron chi connectivity index (χ1n) is 6.09. The maximum absolute atomic E-state index is 12.1. The van der Waals surface area contributed by atoms with E-state index in [9.17, 15) is 8.42 Å². The van der Waals surface area contributed by atoms with Gasteiger partial charge in [0.05, 0.1) is 11.5 Å². The van der Waals surface area contributed by atoms with Gasteiger partial charge in [0, 0.05) is 5.56 Å². The average molecular weight is 305 g/mol. The van der Waals surface area contributed by atoms with Crippen molar-refractivity contribution in [2.24, 2.45) is 5.73 Å². The molecule has 0 atom stereocenters. The summed E-state index contributed by atoms with van der Waals surface area (Å²) in [7, 11) is -3.18. The Morgan fingerprint density at radius 3 is 1.90 bits per heavy atom. The molecule has 0 fully saturated rings. The second-order valence-electron chi connectivity index (χ2n) is 4.58. The largest absolute Gasteiger partial charge is 0.389 e. The molecule has 0 bridgehead atoms. The summed E-state index contributed by atoms with van der Waals surface area (Å²) in [6, 6.07) is 16.1. The Kier molecular flexibility index (Phi) is 4.52. The fourth-order valence-corrected chi connectivity index (χ4v) is 3.54. The number of rotatable bonds is 5. The zero-order valence-corrected chi connectivity index (χ0v) is 12.5. The minimum atomic E-state index is -3.18. The number of hydrogen-bond acceptors (Lipinski definition) is 3. The van der Waals surface area contributed by atoms with E-state index in [0.29, 0.717) is 4.99 Å². The lowest BCUT2D eigenvalue weighted by atomic mass is 10.1. The molecule has 5 heteroatoms. The van der Waals surface area contributed by atoms with E-state index in [1.54, 1.807) is 24.3 Å². The molecule has 0 aliphatic heterocycles.